The first-order valence-electron chi connectivity index (χ1n) is 3.38. The van der Waals surface area contributed by atoms with Crippen LogP contribution in [0, 0.1) is 0 Å². The van der Waals surface area contributed by atoms with Crippen molar-refractivity contribution < 1.29 is 4.79 Å². The highest BCUT2D eigenvalue weighted by molar-refractivity contribution is 6.31. The molecule has 58 valence electrons. The van der Waals surface area contributed by atoms with Gasteiger partial charge in [-0.05, 0) is 6.42 Å². The first kappa shape index (κ1) is 7.82. The fourth-order valence-corrected chi connectivity index (χ4v) is 1.31. The Kier molecular flexibility index (Phi) is 2.51. The molecule has 1 heterocycles. The Balaban J connectivity index is 2.41. The average molecular weight is 163 g/mol. The summed E-state index contributed by atoms with van der Waals surface area (Å²) in [6, 6.07) is 0. The first-order chi connectivity index (χ1) is 4.75. The minimum absolute atomic E-state index is 0.0344. The zero-order valence-electron chi connectivity index (χ0n) is 5.72. The second kappa shape index (κ2) is 3.21. The van der Waals surface area contributed by atoms with Crippen molar-refractivity contribution in [3.8, 4) is 0 Å². The van der Waals surface area contributed by atoms with E-state index < -0.39 is 0 Å². The van der Waals surface area contributed by atoms with Gasteiger partial charge in [-0.15, -0.1) is 11.6 Å². The maximum absolute atomic E-state index is 11.0. The van der Waals surface area contributed by atoms with Gasteiger partial charge >= 0.3 is 0 Å². The van der Waals surface area contributed by atoms with Crippen LogP contribution in [0.15, 0.2) is 0 Å². The monoisotopic (exact) mass is 162 g/mol. The Morgan fingerprint density at radius 3 is 2.90 bits per heavy atom. The summed E-state index contributed by atoms with van der Waals surface area (Å²) < 4.78 is 0. The molecule has 1 amide bonds. The van der Waals surface area contributed by atoms with Crippen molar-refractivity contribution in [1.29, 1.82) is 0 Å². The standard InChI is InChI=1S/C6H11ClN2O/c7-5-1-3-9(4-2-8)6(5)10/h5H,1-4,8H2. The number of amides is 1. The number of likely N-dealkylation sites (tertiary alicyclic amines) is 1. The van der Waals surface area contributed by atoms with Crippen molar-refractivity contribution in [1.82, 2.24) is 4.90 Å². The van der Waals surface area contributed by atoms with Crippen LogP contribution >= 0.6 is 11.6 Å². The van der Waals surface area contributed by atoms with E-state index in [-0.39, 0.29) is 11.3 Å². The van der Waals surface area contributed by atoms with E-state index in [9.17, 15) is 4.79 Å². The van der Waals surface area contributed by atoms with E-state index in [4.69, 9.17) is 17.3 Å². The lowest BCUT2D eigenvalue weighted by atomic mass is 10.4. The van der Waals surface area contributed by atoms with Crippen LogP contribution in [0.3, 0.4) is 0 Å². The summed E-state index contributed by atoms with van der Waals surface area (Å²) >= 11 is 5.66. The Morgan fingerprint density at radius 2 is 2.50 bits per heavy atom. The molecule has 1 atom stereocenters. The number of hydrogen-bond donors (Lipinski definition) is 1. The van der Waals surface area contributed by atoms with Crippen molar-refractivity contribution in [3.05, 3.63) is 0 Å². The molecule has 0 saturated carbocycles. The molecule has 2 N–H and O–H groups in total. The summed E-state index contributed by atoms with van der Waals surface area (Å²) in [5, 5.41) is -0.299. The van der Waals surface area contributed by atoms with Gasteiger partial charge in [0.2, 0.25) is 5.91 Å². The van der Waals surface area contributed by atoms with Crippen LogP contribution in [-0.2, 0) is 4.79 Å². The lowest BCUT2D eigenvalue weighted by Gasteiger charge is -2.13. The van der Waals surface area contributed by atoms with Gasteiger partial charge in [0.1, 0.15) is 5.38 Å². The minimum Gasteiger partial charge on any atom is -0.340 e. The van der Waals surface area contributed by atoms with Crippen LogP contribution in [0.4, 0.5) is 0 Å². The van der Waals surface area contributed by atoms with Crippen molar-refractivity contribution >= 4 is 17.5 Å². The maximum atomic E-state index is 11.0. The Labute approximate surface area is 65.1 Å². The molecule has 4 heteroatoms. The number of carbonyl (C=O) groups excluding carboxylic acids is 1. The van der Waals surface area contributed by atoms with Gasteiger partial charge in [0, 0.05) is 19.6 Å². The van der Waals surface area contributed by atoms with E-state index in [1.165, 1.54) is 0 Å². The second-order valence-electron chi connectivity index (χ2n) is 2.37. The molecule has 3 nitrogen and oxygen atoms in total. The smallest absolute Gasteiger partial charge is 0.240 e. The number of hydrogen-bond acceptors (Lipinski definition) is 2. The van der Waals surface area contributed by atoms with Gasteiger partial charge < -0.3 is 10.6 Å². The van der Waals surface area contributed by atoms with E-state index in [1.54, 1.807) is 4.90 Å². The van der Waals surface area contributed by atoms with E-state index in [2.05, 4.69) is 0 Å². The number of nitrogens with two attached hydrogens (primary N) is 1. The first-order valence-corrected chi connectivity index (χ1v) is 3.82. The topological polar surface area (TPSA) is 46.3 Å². The van der Waals surface area contributed by atoms with Gasteiger partial charge in [0.25, 0.3) is 0 Å². The molecule has 1 aliphatic heterocycles. The number of nitrogens with zero attached hydrogens (tertiary/aromatic N) is 1. The fraction of sp³-hybridized carbons (Fsp3) is 0.833. The van der Waals surface area contributed by atoms with Crippen LogP contribution in [0.1, 0.15) is 6.42 Å². The summed E-state index contributed by atoms with van der Waals surface area (Å²) in [5.74, 6) is 0.0344. The molecule has 0 spiro atoms. The molecule has 1 unspecified atom stereocenters. The highest BCUT2D eigenvalue weighted by atomic mass is 35.5. The third kappa shape index (κ3) is 1.41. The van der Waals surface area contributed by atoms with Gasteiger partial charge in [-0.25, -0.2) is 0 Å². The van der Waals surface area contributed by atoms with Gasteiger partial charge in [-0.2, -0.15) is 0 Å². The third-order valence-corrected chi connectivity index (χ3v) is 2.04. The molecular formula is C6H11ClN2O. The quantitative estimate of drug-likeness (QED) is 0.571. The SMILES string of the molecule is NCCN1CCC(Cl)C1=O. The van der Waals surface area contributed by atoms with Gasteiger partial charge in [-0.3, -0.25) is 4.79 Å². The van der Waals surface area contributed by atoms with Crippen molar-refractivity contribution in [2.24, 2.45) is 5.73 Å². The summed E-state index contributed by atoms with van der Waals surface area (Å²) in [5.41, 5.74) is 5.28. The summed E-state index contributed by atoms with van der Waals surface area (Å²) in [7, 11) is 0. The van der Waals surface area contributed by atoms with E-state index in [0.717, 1.165) is 13.0 Å². The molecule has 0 bridgehead atoms. The van der Waals surface area contributed by atoms with Crippen LogP contribution in [-0.4, -0.2) is 35.8 Å². The van der Waals surface area contributed by atoms with Crippen molar-refractivity contribution in [2.45, 2.75) is 11.8 Å². The zero-order chi connectivity index (χ0) is 7.56. The molecule has 1 aliphatic rings. The van der Waals surface area contributed by atoms with Crippen LogP contribution < -0.4 is 5.73 Å². The van der Waals surface area contributed by atoms with Gasteiger partial charge in [0.05, 0.1) is 0 Å². The molecule has 0 aromatic heterocycles. The number of halogens is 1. The van der Waals surface area contributed by atoms with E-state index in [0.29, 0.717) is 13.1 Å². The molecule has 1 saturated heterocycles. The molecule has 10 heavy (non-hydrogen) atoms. The van der Waals surface area contributed by atoms with Gasteiger partial charge in [-0.1, -0.05) is 0 Å². The molecule has 0 aromatic carbocycles. The highest BCUT2D eigenvalue weighted by Crippen LogP contribution is 2.15. The highest BCUT2D eigenvalue weighted by Gasteiger charge is 2.28. The minimum atomic E-state index is -0.299. The zero-order valence-corrected chi connectivity index (χ0v) is 6.47. The molecule has 0 radical (unpaired) electrons. The van der Waals surface area contributed by atoms with Crippen LogP contribution in [0.2, 0.25) is 0 Å². The lowest BCUT2D eigenvalue weighted by molar-refractivity contribution is -0.127. The van der Waals surface area contributed by atoms with Crippen LogP contribution in [0.5, 0.6) is 0 Å². The number of carbonyl (C=O) groups is 1. The fourth-order valence-electron chi connectivity index (χ4n) is 1.08. The molecule has 0 aromatic rings. The van der Waals surface area contributed by atoms with Crippen LogP contribution in [0.25, 0.3) is 0 Å². The number of alkyl halides is 1. The van der Waals surface area contributed by atoms with E-state index >= 15 is 0 Å². The molecular weight excluding hydrogens is 152 g/mol. The Hall–Kier alpha value is -0.280. The maximum Gasteiger partial charge on any atom is 0.240 e. The predicted molar refractivity (Wildman–Crippen MR) is 39.9 cm³/mol. The third-order valence-electron chi connectivity index (χ3n) is 1.63. The Morgan fingerprint density at radius 1 is 1.80 bits per heavy atom. The van der Waals surface area contributed by atoms with Crippen molar-refractivity contribution in [2.75, 3.05) is 19.6 Å². The largest absolute Gasteiger partial charge is 0.340 e. The lowest BCUT2D eigenvalue weighted by Crippen LogP contribution is -2.32. The molecule has 1 fully saturated rings. The summed E-state index contributed by atoms with van der Waals surface area (Å²) in [4.78, 5) is 12.7. The number of rotatable bonds is 2. The Bertz CT molecular complexity index is 138. The normalized spacial score (nSPS) is 26.0. The summed E-state index contributed by atoms with van der Waals surface area (Å²) in [6.45, 7) is 1.93. The molecule has 1 rings (SSSR count). The molecule has 0 aliphatic carbocycles. The van der Waals surface area contributed by atoms with E-state index in [1.807, 2.05) is 0 Å². The predicted octanol–water partition coefficient (Wildman–Crippen LogP) is -0.215. The van der Waals surface area contributed by atoms with Gasteiger partial charge in [0.15, 0.2) is 0 Å². The average Bonchev–Trinajstić information content (AvgIpc) is 2.20. The second-order valence-corrected chi connectivity index (χ2v) is 2.90. The van der Waals surface area contributed by atoms with Crippen molar-refractivity contribution in [3.63, 3.8) is 0 Å². The summed E-state index contributed by atoms with van der Waals surface area (Å²) in [6.07, 6.45) is 0.764.